The van der Waals surface area contributed by atoms with Crippen molar-refractivity contribution in [3.05, 3.63) is 30.7 Å². The highest BCUT2D eigenvalue weighted by Gasteiger charge is 2.66. The quantitative estimate of drug-likeness (QED) is 0.404. The predicted octanol–water partition coefficient (Wildman–Crippen LogP) is 1.43. The summed E-state index contributed by atoms with van der Waals surface area (Å²) in [4.78, 5) is 40.9. The number of imide groups is 1. The summed E-state index contributed by atoms with van der Waals surface area (Å²) in [7, 11) is 0. The van der Waals surface area contributed by atoms with E-state index in [1.165, 1.54) is 6.42 Å². The first kappa shape index (κ1) is 18.5. The molecule has 2 bridgehead atoms. The van der Waals surface area contributed by atoms with Crippen LogP contribution in [0.3, 0.4) is 0 Å². The van der Waals surface area contributed by atoms with Crippen molar-refractivity contribution in [1.82, 2.24) is 19.8 Å². The molecule has 2 amide bonds. The second-order valence-corrected chi connectivity index (χ2v) is 9.58. The van der Waals surface area contributed by atoms with Gasteiger partial charge in [0.2, 0.25) is 11.8 Å². The van der Waals surface area contributed by atoms with Gasteiger partial charge in [-0.1, -0.05) is 12.2 Å². The summed E-state index contributed by atoms with van der Waals surface area (Å²) >= 11 is 0. The number of carbonyl (C=O) groups is 2. The lowest BCUT2D eigenvalue weighted by Crippen LogP contribution is -2.47. The summed E-state index contributed by atoms with van der Waals surface area (Å²) in [6, 6.07) is 0. The summed E-state index contributed by atoms with van der Waals surface area (Å²) in [5.41, 5.74) is 0. The van der Waals surface area contributed by atoms with E-state index < -0.39 is 0 Å². The van der Waals surface area contributed by atoms with Crippen molar-refractivity contribution in [1.29, 1.82) is 0 Å². The smallest absolute Gasteiger partial charge is 0.233 e. The summed E-state index contributed by atoms with van der Waals surface area (Å²) in [5.74, 6) is 3.10. The highest BCUT2D eigenvalue weighted by molar-refractivity contribution is 6.06. The molecule has 0 spiro atoms. The molecular weight excluding hydrogens is 378 g/mol. The monoisotopic (exact) mass is 407 g/mol. The van der Waals surface area contributed by atoms with Gasteiger partial charge in [-0.2, -0.15) is 0 Å². The number of rotatable bonds is 6. The van der Waals surface area contributed by atoms with E-state index in [1.807, 2.05) is 6.20 Å². The summed E-state index contributed by atoms with van der Waals surface area (Å²) in [5, 5.41) is 0. The maximum atomic E-state index is 13.0. The van der Waals surface area contributed by atoms with Gasteiger partial charge in [0.1, 0.15) is 5.82 Å². The van der Waals surface area contributed by atoms with Crippen LogP contribution in [0.4, 0.5) is 5.82 Å². The Labute approximate surface area is 177 Å². The van der Waals surface area contributed by atoms with Gasteiger partial charge in [0, 0.05) is 45.1 Å². The molecule has 7 heteroatoms. The molecule has 30 heavy (non-hydrogen) atoms. The second-order valence-electron chi connectivity index (χ2n) is 9.58. The van der Waals surface area contributed by atoms with Crippen LogP contribution in [0, 0.1) is 35.5 Å². The number of anilines is 1. The van der Waals surface area contributed by atoms with E-state index in [4.69, 9.17) is 0 Å². The van der Waals surface area contributed by atoms with Crippen LogP contribution in [-0.2, 0) is 9.59 Å². The number of amides is 2. The predicted molar refractivity (Wildman–Crippen MR) is 111 cm³/mol. The van der Waals surface area contributed by atoms with Gasteiger partial charge in [0.05, 0.1) is 18.0 Å². The van der Waals surface area contributed by atoms with Gasteiger partial charge in [0.15, 0.2) is 0 Å². The van der Waals surface area contributed by atoms with Crippen molar-refractivity contribution in [3.8, 4) is 0 Å². The first-order valence-electron chi connectivity index (χ1n) is 11.5. The number of hydrogen-bond donors (Lipinski definition) is 0. The number of unbranched alkanes of at least 4 members (excludes halogenated alkanes) is 1. The Kier molecular flexibility index (Phi) is 4.41. The average Bonchev–Trinajstić information content (AvgIpc) is 3.57. The van der Waals surface area contributed by atoms with Crippen LogP contribution in [0.2, 0.25) is 0 Å². The van der Waals surface area contributed by atoms with E-state index in [9.17, 15) is 9.59 Å². The van der Waals surface area contributed by atoms with Crippen LogP contribution in [0.25, 0.3) is 0 Å². The van der Waals surface area contributed by atoms with E-state index >= 15 is 0 Å². The molecule has 2 aliphatic heterocycles. The van der Waals surface area contributed by atoms with Crippen LogP contribution in [-0.4, -0.2) is 70.9 Å². The summed E-state index contributed by atoms with van der Waals surface area (Å²) in [6.45, 7) is 5.57. The molecule has 4 fully saturated rings. The van der Waals surface area contributed by atoms with Crippen molar-refractivity contribution >= 4 is 17.6 Å². The highest BCUT2D eigenvalue weighted by Crippen LogP contribution is 2.65. The molecular formula is C23H29N5O2. The number of aromatic nitrogens is 2. The summed E-state index contributed by atoms with van der Waals surface area (Å²) in [6.07, 6.45) is 12.9. The number of allylic oxidation sites excluding steroid dienone is 2. The number of carbonyl (C=O) groups excluding carboxylic acids is 2. The first-order chi connectivity index (χ1) is 14.7. The Hall–Kier alpha value is -2.28. The van der Waals surface area contributed by atoms with Crippen molar-refractivity contribution in [2.24, 2.45) is 35.5 Å². The third-order valence-corrected chi connectivity index (χ3v) is 8.11. The van der Waals surface area contributed by atoms with Gasteiger partial charge in [-0.25, -0.2) is 4.98 Å². The summed E-state index contributed by atoms with van der Waals surface area (Å²) < 4.78 is 0. The fourth-order valence-corrected chi connectivity index (χ4v) is 6.50. The molecule has 6 aliphatic rings. The SMILES string of the molecule is O=C1C2C3C=CC(C4CC34)C2C(=O)N1CCCCN1CCN(c2cnccn2)CC1. The van der Waals surface area contributed by atoms with Gasteiger partial charge in [-0.3, -0.25) is 24.4 Å². The van der Waals surface area contributed by atoms with Crippen molar-refractivity contribution in [2.45, 2.75) is 19.3 Å². The third kappa shape index (κ3) is 2.89. The third-order valence-electron chi connectivity index (χ3n) is 8.11. The molecule has 7 rings (SSSR count). The molecule has 2 saturated carbocycles. The topological polar surface area (TPSA) is 69.6 Å². The fourth-order valence-electron chi connectivity index (χ4n) is 6.50. The van der Waals surface area contributed by atoms with E-state index in [0.29, 0.717) is 30.2 Å². The molecule has 1 aromatic heterocycles. The molecule has 7 nitrogen and oxygen atoms in total. The van der Waals surface area contributed by atoms with E-state index in [1.54, 1.807) is 17.3 Å². The molecule has 2 saturated heterocycles. The number of nitrogens with zero attached hydrogens (tertiary/aromatic N) is 5. The second kappa shape index (κ2) is 7.15. The van der Waals surface area contributed by atoms with Crippen LogP contribution >= 0.6 is 0 Å². The minimum atomic E-state index is -0.0505. The lowest BCUT2D eigenvalue weighted by atomic mass is 9.63. The molecule has 6 atom stereocenters. The van der Waals surface area contributed by atoms with Gasteiger partial charge in [-0.05, 0) is 49.5 Å². The molecule has 4 aliphatic carbocycles. The van der Waals surface area contributed by atoms with Crippen LogP contribution in [0.1, 0.15) is 19.3 Å². The molecule has 3 heterocycles. The van der Waals surface area contributed by atoms with E-state index in [-0.39, 0.29) is 23.7 Å². The minimum Gasteiger partial charge on any atom is -0.353 e. The molecule has 158 valence electrons. The molecule has 0 radical (unpaired) electrons. The number of hydrogen-bond acceptors (Lipinski definition) is 6. The molecule has 1 aromatic rings. The lowest BCUT2D eigenvalue weighted by Gasteiger charge is -2.37. The minimum absolute atomic E-state index is 0.0505. The molecule has 0 aromatic carbocycles. The Morgan fingerprint density at radius 2 is 1.53 bits per heavy atom. The zero-order valence-corrected chi connectivity index (χ0v) is 17.3. The Bertz CT molecular complexity index is 830. The van der Waals surface area contributed by atoms with Crippen molar-refractivity contribution in [3.63, 3.8) is 0 Å². The van der Waals surface area contributed by atoms with Gasteiger partial charge < -0.3 is 4.90 Å². The van der Waals surface area contributed by atoms with Crippen LogP contribution < -0.4 is 4.90 Å². The lowest BCUT2D eigenvalue weighted by molar-refractivity contribution is -0.140. The number of piperazine rings is 1. The average molecular weight is 408 g/mol. The maximum absolute atomic E-state index is 13.0. The molecule has 6 unspecified atom stereocenters. The Morgan fingerprint density at radius 3 is 2.17 bits per heavy atom. The van der Waals surface area contributed by atoms with Gasteiger partial charge in [0.25, 0.3) is 0 Å². The Morgan fingerprint density at radius 1 is 0.867 bits per heavy atom. The first-order valence-corrected chi connectivity index (χ1v) is 11.5. The normalized spacial score (nSPS) is 36.9. The molecule has 0 N–H and O–H groups in total. The fraction of sp³-hybridized carbons (Fsp3) is 0.652. The van der Waals surface area contributed by atoms with Crippen molar-refractivity contribution < 1.29 is 9.59 Å². The zero-order valence-electron chi connectivity index (χ0n) is 17.3. The van der Waals surface area contributed by atoms with Gasteiger partial charge >= 0.3 is 0 Å². The number of likely N-dealkylation sites (tertiary alicyclic amines) is 1. The zero-order chi connectivity index (χ0) is 20.2. The highest BCUT2D eigenvalue weighted by atomic mass is 16.2. The van der Waals surface area contributed by atoms with Crippen molar-refractivity contribution in [2.75, 3.05) is 44.2 Å². The van der Waals surface area contributed by atoms with Gasteiger partial charge in [-0.15, -0.1) is 0 Å². The Balaban J connectivity index is 0.974. The standard InChI is InChI=1S/C23H29N5O2/c29-22-20-15-3-4-16(18-13-17(15)18)21(20)23(30)28(22)8-2-1-7-26-9-11-27(12-10-26)19-14-24-5-6-25-19/h3-6,14-18,20-21H,1-2,7-13H2. The largest absolute Gasteiger partial charge is 0.353 e. The van der Waals surface area contributed by atoms with E-state index in [2.05, 4.69) is 31.9 Å². The van der Waals surface area contributed by atoms with Crippen LogP contribution in [0.5, 0.6) is 0 Å². The maximum Gasteiger partial charge on any atom is 0.233 e. The van der Waals surface area contributed by atoms with E-state index in [0.717, 1.165) is 51.4 Å². The van der Waals surface area contributed by atoms with Crippen LogP contribution in [0.15, 0.2) is 30.7 Å².